The molecule has 0 aromatic rings. The molecule has 0 aromatic heterocycles. The molecule has 4 heteroatoms. The SMILES string of the molecule is CCOC(=O)CO[Si](C)(C)C. The van der Waals surface area contributed by atoms with Crippen LogP contribution in [0, 0.1) is 0 Å². The van der Waals surface area contributed by atoms with Gasteiger partial charge in [-0.05, 0) is 26.6 Å². The van der Waals surface area contributed by atoms with E-state index in [4.69, 9.17) is 9.16 Å². The quantitative estimate of drug-likeness (QED) is 0.480. The van der Waals surface area contributed by atoms with Crippen LogP contribution >= 0.6 is 0 Å². The Morgan fingerprint density at radius 1 is 1.36 bits per heavy atom. The number of ether oxygens (including phenoxy) is 1. The summed E-state index contributed by atoms with van der Waals surface area (Å²) in [7, 11) is -1.55. The van der Waals surface area contributed by atoms with Crippen molar-refractivity contribution in [1.29, 1.82) is 0 Å². The van der Waals surface area contributed by atoms with Crippen LogP contribution in [0.1, 0.15) is 6.92 Å². The molecule has 0 fully saturated rings. The van der Waals surface area contributed by atoms with Gasteiger partial charge in [0.15, 0.2) is 8.32 Å². The van der Waals surface area contributed by atoms with Crippen LogP contribution in [0.25, 0.3) is 0 Å². The summed E-state index contributed by atoms with van der Waals surface area (Å²) in [6.07, 6.45) is 0. The van der Waals surface area contributed by atoms with Crippen molar-refractivity contribution in [1.82, 2.24) is 0 Å². The molecule has 0 unspecified atom stereocenters. The van der Waals surface area contributed by atoms with Crippen LogP contribution in [-0.2, 0) is 14.0 Å². The molecule has 0 saturated heterocycles. The van der Waals surface area contributed by atoms with Crippen molar-refractivity contribution in [2.75, 3.05) is 13.2 Å². The zero-order valence-corrected chi connectivity index (χ0v) is 8.64. The molecule has 66 valence electrons. The van der Waals surface area contributed by atoms with Crippen molar-refractivity contribution in [3.63, 3.8) is 0 Å². The first-order valence-corrected chi connectivity index (χ1v) is 7.16. The minimum atomic E-state index is -1.55. The fourth-order valence-corrected chi connectivity index (χ4v) is 1.03. The topological polar surface area (TPSA) is 35.5 Å². The summed E-state index contributed by atoms with van der Waals surface area (Å²) in [5.41, 5.74) is 0. The molecular weight excluding hydrogens is 160 g/mol. The van der Waals surface area contributed by atoms with Crippen LogP contribution in [0.2, 0.25) is 19.6 Å². The number of esters is 1. The molecule has 0 aliphatic carbocycles. The fourth-order valence-electron chi connectivity index (χ4n) is 0.478. The number of carbonyl (C=O) groups excluding carboxylic acids is 1. The second-order valence-corrected chi connectivity index (χ2v) is 7.72. The first kappa shape index (κ1) is 10.6. The largest absolute Gasteiger partial charge is 0.464 e. The van der Waals surface area contributed by atoms with Crippen molar-refractivity contribution >= 4 is 14.3 Å². The van der Waals surface area contributed by atoms with Gasteiger partial charge in [0, 0.05) is 0 Å². The predicted octanol–water partition coefficient (Wildman–Crippen LogP) is 1.40. The minimum absolute atomic E-state index is 0.101. The highest BCUT2D eigenvalue weighted by Crippen LogP contribution is 2.01. The van der Waals surface area contributed by atoms with E-state index in [0.717, 1.165) is 0 Å². The highest BCUT2D eigenvalue weighted by molar-refractivity contribution is 6.69. The first-order valence-electron chi connectivity index (χ1n) is 3.75. The van der Waals surface area contributed by atoms with Gasteiger partial charge in [-0.15, -0.1) is 0 Å². The standard InChI is InChI=1S/C7H16O3Si/c1-5-9-7(8)6-10-11(2,3)4/h5-6H2,1-4H3. The van der Waals surface area contributed by atoms with Crippen LogP contribution < -0.4 is 0 Å². The van der Waals surface area contributed by atoms with Gasteiger partial charge in [0.1, 0.15) is 6.61 Å². The van der Waals surface area contributed by atoms with Gasteiger partial charge in [-0.1, -0.05) is 0 Å². The molecule has 0 bridgehead atoms. The van der Waals surface area contributed by atoms with Gasteiger partial charge >= 0.3 is 5.97 Å². The van der Waals surface area contributed by atoms with Gasteiger partial charge in [-0.3, -0.25) is 0 Å². The molecule has 0 amide bonds. The van der Waals surface area contributed by atoms with Crippen LogP contribution in [-0.4, -0.2) is 27.5 Å². The fraction of sp³-hybridized carbons (Fsp3) is 0.857. The zero-order chi connectivity index (χ0) is 8.91. The summed E-state index contributed by atoms with van der Waals surface area (Å²) in [6.45, 7) is 8.41. The van der Waals surface area contributed by atoms with E-state index in [1.165, 1.54) is 0 Å². The molecule has 0 aromatic carbocycles. The highest BCUT2D eigenvalue weighted by Gasteiger charge is 2.16. The summed E-state index contributed by atoms with van der Waals surface area (Å²) < 4.78 is 10.0. The Kier molecular flexibility index (Phi) is 4.36. The Morgan fingerprint density at radius 2 is 1.91 bits per heavy atom. The maximum Gasteiger partial charge on any atom is 0.330 e. The molecule has 0 aliphatic rings. The van der Waals surface area contributed by atoms with Gasteiger partial charge in [-0.2, -0.15) is 0 Å². The third-order valence-corrected chi connectivity index (χ3v) is 1.94. The van der Waals surface area contributed by atoms with E-state index in [0.29, 0.717) is 6.61 Å². The number of hydrogen-bond acceptors (Lipinski definition) is 3. The van der Waals surface area contributed by atoms with Crippen molar-refractivity contribution < 1.29 is 14.0 Å². The van der Waals surface area contributed by atoms with Gasteiger partial charge in [0.2, 0.25) is 0 Å². The van der Waals surface area contributed by atoms with Gasteiger partial charge in [0.25, 0.3) is 0 Å². The first-order chi connectivity index (χ1) is 4.95. The molecule has 0 saturated carbocycles. The Balaban J connectivity index is 3.46. The number of rotatable bonds is 4. The monoisotopic (exact) mass is 176 g/mol. The van der Waals surface area contributed by atoms with Crippen molar-refractivity contribution in [3.05, 3.63) is 0 Å². The smallest absolute Gasteiger partial charge is 0.330 e. The average molecular weight is 176 g/mol. The summed E-state index contributed by atoms with van der Waals surface area (Å²) in [5.74, 6) is -0.269. The lowest BCUT2D eigenvalue weighted by molar-refractivity contribution is -0.145. The van der Waals surface area contributed by atoms with Crippen LogP contribution in [0.4, 0.5) is 0 Å². The number of hydrogen-bond donors (Lipinski definition) is 0. The Morgan fingerprint density at radius 3 is 2.27 bits per heavy atom. The molecule has 0 N–H and O–H groups in total. The van der Waals surface area contributed by atoms with Gasteiger partial charge in [-0.25, -0.2) is 4.79 Å². The molecule has 0 heterocycles. The van der Waals surface area contributed by atoms with Gasteiger partial charge < -0.3 is 9.16 Å². The third kappa shape index (κ3) is 7.54. The van der Waals surface area contributed by atoms with E-state index in [1.54, 1.807) is 6.92 Å². The molecule has 0 radical (unpaired) electrons. The summed E-state index contributed by atoms with van der Waals surface area (Å²) in [4.78, 5) is 10.8. The summed E-state index contributed by atoms with van der Waals surface area (Å²) in [6, 6.07) is 0. The maximum absolute atomic E-state index is 10.8. The van der Waals surface area contributed by atoms with E-state index in [2.05, 4.69) is 0 Å². The highest BCUT2D eigenvalue weighted by atomic mass is 28.4. The van der Waals surface area contributed by atoms with Crippen molar-refractivity contribution in [2.45, 2.75) is 26.6 Å². The van der Waals surface area contributed by atoms with Crippen molar-refractivity contribution in [2.24, 2.45) is 0 Å². The molecule has 0 rings (SSSR count). The zero-order valence-electron chi connectivity index (χ0n) is 7.64. The molecule has 0 atom stereocenters. The molecule has 3 nitrogen and oxygen atoms in total. The Labute approximate surface area is 68.8 Å². The minimum Gasteiger partial charge on any atom is -0.464 e. The lowest BCUT2D eigenvalue weighted by Crippen LogP contribution is -2.29. The van der Waals surface area contributed by atoms with Crippen LogP contribution in [0.5, 0.6) is 0 Å². The van der Waals surface area contributed by atoms with E-state index in [-0.39, 0.29) is 12.6 Å². The Bertz CT molecular complexity index is 128. The van der Waals surface area contributed by atoms with E-state index >= 15 is 0 Å². The number of carbonyl (C=O) groups is 1. The summed E-state index contributed by atoms with van der Waals surface area (Å²) >= 11 is 0. The van der Waals surface area contributed by atoms with E-state index in [1.807, 2.05) is 19.6 Å². The summed E-state index contributed by atoms with van der Waals surface area (Å²) in [5, 5.41) is 0. The van der Waals surface area contributed by atoms with Crippen molar-refractivity contribution in [3.8, 4) is 0 Å². The molecule has 0 spiro atoms. The molecule has 11 heavy (non-hydrogen) atoms. The average Bonchev–Trinajstić information content (AvgIpc) is 1.83. The second-order valence-electron chi connectivity index (χ2n) is 3.21. The third-order valence-electron chi connectivity index (χ3n) is 0.928. The molecule has 0 aliphatic heterocycles. The lowest BCUT2D eigenvalue weighted by atomic mass is 10.7. The van der Waals surface area contributed by atoms with E-state index in [9.17, 15) is 4.79 Å². The maximum atomic E-state index is 10.8. The molecular formula is C7H16O3Si. The van der Waals surface area contributed by atoms with Crippen LogP contribution in [0.15, 0.2) is 0 Å². The second kappa shape index (κ2) is 4.51. The predicted molar refractivity (Wildman–Crippen MR) is 45.9 cm³/mol. The normalized spacial score (nSPS) is 11.3. The van der Waals surface area contributed by atoms with Gasteiger partial charge in [0.05, 0.1) is 6.61 Å². The Hall–Kier alpha value is -0.353. The lowest BCUT2D eigenvalue weighted by Gasteiger charge is -2.15. The van der Waals surface area contributed by atoms with E-state index < -0.39 is 8.32 Å². The van der Waals surface area contributed by atoms with Crippen LogP contribution in [0.3, 0.4) is 0 Å².